The predicted octanol–water partition coefficient (Wildman–Crippen LogP) is 1.81. The smallest absolute Gasteiger partial charge is 0.200 e. The van der Waals surface area contributed by atoms with E-state index in [1.54, 1.807) is 7.11 Å². The van der Waals surface area contributed by atoms with E-state index in [0.717, 1.165) is 21.8 Å². The van der Waals surface area contributed by atoms with Crippen molar-refractivity contribution < 1.29 is 4.74 Å². The molecule has 0 fully saturated rings. The highest BCUT2D eigenvalue weighted by Gasteiger charge is 2.08. The number of halogens is 1. The van der Waals surface area contributed by atoms with Gasteiger partial charge in [-0.15, -0.1) is 10.2 Å². The van der Waals surface area contributed by atoms with Crippen molar-refractivity contribution in [3.63, 3.8) is 0 Å². The van der Waals surface area contributed by atoms with E-state index in [1.807, 2.05) is 23.5 Å². The van der Waals surface area contributed by atoms with Crippen molar-refractivity contribution in [2.75, 3.05) is 7.11 Å². The number of rotatable bonds is 1. The van der Waals surface area contributed by atoms with Crippen LogP contribution in [0.1, 0.15) is 5.82 Å². The summed E-state index contributed by atoms with van der Waals surface area (Å²) in [6.45, 7) is 1.88. The van der Waals surface area contributed by atoms with E-state index in [-0.39, 0.29) is 0 Å². The summed E-state index contributed by atoms with van der Waals surface area (Å²) >= 11 is 3.39. The van der Waals surface area contributed by atoms with Crippen LogP contribution in [0.3, 0.4) is 0 Å². The van der Waals surface area contributed by atoms with Gasteiger partial charge in [0, 0.05) is 6.07 Å². The van der Waals surface area contributed by atoms with E-state index in [1.165, 1.54) is 0 Å². The maximum absolute atomic E-state index is 5.18. The molecular weight excluding hydrogens is 234 g/mol. The second-order valence-electron chi connectivity index (χ2n) is 2.63. The van der Waals surface area contributed by atoms with Crippen LogP contribution in [0.2, 0.25) is 0 Å². The van der Waals surface area contributed by atoms with Crippen LogP contribution in [0.4, 0.5) is 0 Å². The minimum atomic E-state index is 0.737. The lowest BCUT2D eigenvalue weighted by molar-refractivity contribution is 0.391. The molecule has 0 atom stereocenters. The van der Waals surface area contributed by atoms with Crippen molar-refractivity contribution in [2.45, 2.75) is 6.92 Å². The van der Waals surface area contributed by atoms with E-state index >= 15 is 0 Å². The molecule has 0 aliphatic rings. The average Bonchev–Trinajstić information content (AvgIpc) is 2.51. The van der Waals surface area contributed by atoms with E-state index in [0.29, 0.717) is 0 Å². The van der Waals surface area contributed by atoms with Gasteiger partial charge in [0.25, 0.3) is 0 Å². The molecule has 2 heterocycles. The first-order chi connectivity index (χ1) is 6.24. The number of fused-ring (bicyclic) bond motifs is 1. The largest absolute Gasteiger partial charge is 0.482 e. The summed E-state index contributed by atoms with van der Waals surface area (Å²) in [7, 11) is 1.63. The molecule has 0 spiro atoms. The first kappa shape index (κ1) is 8.50. The van der Waals surface area contributed by atoms with Crippen LogP contribution in [0.25, 0.3) is 5.65 Å². The molecule has 4 nitrogen and oxygen atoms in total. The predicted molar refractivity (Wildman–Crippen MR) is 52.0 cm³/mol. The summed E-state index contributed by atoms with van der Waals surface area (Å²) in [6, 6.07) is 3.76. The number of aryl methyl sites for hydroxylation is 1. The molecule has 0 aliphatic carbocycles. The molecule has 2 aromatic heterocycles. The lowest BCUT2D eigenvalue weighted by Gasteiger charge is -2.04. The summed E-state index contributed by atoms with van der Waals surface area (Å²) in [5.74, 6) is 1.55. The third-order valence-electron chi connectivity index (χ3n) is 1.84. The maximum atomic E-state index is 5.18. The quantitative estimate of drug-likeness (QED) is 0.765. The van der Waals surface area contributed by atoms with Crippen LogP contribution in [0.5, 0.6) is 5.88 Å². The highest BCUT2D eigenvalue weighted by molar-refractivity contribution is 9.10. The SMILES string of the molecule is COc1ccc(Br)c2nnc(C)n12. The second kappa shape index (κ2) is 2.99. The van der Waals surface area contributed by atoms with Crippen molar-refractivity contribution in [3.8, 4) is 5.88 Å². The van der Waals surface area contributed by atoms with Gasteiger partial charge in [-0.3, -0.25) is 0 Å². The van der Waals surface area contributed by atoms with E-state index in [4.69, 9.17) is 4.74 Å². The monoisotopic (exact) mass is 241 g/mol. The first-order valence-corrected chi connectivity index (χ1v) is 4.57. The van der Waals surface area contributed by atoms with Gasteiger partial charge in [0.2, 0.25) is 5.88 Å². The molecule has 0 unspecified atom stereocenters. The van der Waals surface area contributed by atoms with Gasteiger partial charge in [-0.25, -0.2) is 4.40 Å². The standard InChI is InChI=1S/C8H8BrN3O/c1-5-10-11-8-6(9)3-4-7(13-2)12(5)8/h3-4H,1-2H3. The van der Waals surface area contributed by atoms with Crippen LogP contribution < -0.4 is 4.74 Å². The Kier molecular flexibility index (Phi) is 1.95. The molecule has 0 radical (unpaired) electrons. The number of ether oxygens (including phenoxy) is 1. The van der Waals surface area contributed by atoms with E-state index < -0.39 is 0 Å². The van der Waals surface area contributed by atoms with Crippen LogP contribution in [-0.4, -0.2) is 21.7 Å². The number of nitrogens with zero attached hydrogens (tertiary/aromatic N) is 3. The highest BCUT2D eigenvalue weighted by atomic mass is 79.9. The molecule has 68 valence electrons. The summed E-state index contributed by atoms with van der Waals surface area (Å²) in [4.78, 5) is 0. The topological polar surface area (TPSA) is 39.4 Å². The van der Waals surface area contributed by atoms with Crippen LogP contribution in [0.15, 0.2) is 16.6 Å². The molecule has 0 N–H and O–H groups in total. The fourth-order valence-corrected chi connectivity index (χ4v) is 1.62. The van der Waals surface area contributed by atoms with Crippen LogP contribution >= 0.6 is 15.9 Å². The molecule has 0 saturated carbocycles. The third kappa shape index (κ3) is 1.19. The Hall–Kier alpha value is -1.10. The molecule has 0 saturated heterocycles. The van der Waals surface area contributed by atoms with Gasteiger partial charge in [0.05, 0.1) is 11.6 Å². The Morgan fingerprint density at radius 2 is 2.15 bits per heavy atom. The van der Waals surface area contributed by atoms with Gasteiger partial charge in [0.15, 0.2) is 5.65 Å². The van der Waals surface area contributed by atoms with E-state index in [9.17, 15) is 0 Å². The second-order valence-corrected chi connectivity index (χ2v) is 3.48. The Morgan fingerprint density at radius 3 is 2.85 bits per heavy atom. The zero-order valence-corrected chi connectivity index (χ0v) is 8.87. The lowest BCUT2D eigenvalue weighted by atomic mass is 10.4. The van der Waals surface area contributed by atoms with Gasteiger partial charge in [-0.1, -0.05) is 0 Å². The molecular formula is C8H8BrN3O. The fourth-order valence-electron chi connectivity index (χ4n) is 1.23. The maximum Gasteiger partial charge on any atom is 0.200 e. The van der Waals surface area contributed by atoms with Gasteiger partial charge < -0.3 is 4.74 Å². The average molecular weight is 242 g/mol. The molecule has 0 aliphatic heterocycles. The minimum Gasteiger partial charge on any atom is -0.482 e. The number of pyridine rings is 1. The number of aromatic nitrogens is 3. The third-order valence-corrected chi connectivity index (χ3v) is 2.46. The van der Waals surface area contributed by atoms with Gasteiger partial charge in [0.1, 0.15) is 5.82 Å². The van der Waals surface area contributed by atoms with Gasteiger partial charge in [-0.05, 0) is 28.9 Å². The summed E-state index contributed by atoms with van der Waals surface area (Å²) in [6.07, 6.45) is 0. The minimum absolute atomic E-state index is 0.737. The number of hydrogen-bond acceptors (Lipinski definition) is 3. The van der Waals surface area contributed by atoms with Gasteiger partial charge >= 0.3 is 0 Å². The van der Waals surface area contributed by atoms with Crippen LogP contribution in [0, 0.1) is 6.92 Å². The molecule has 0 bridgehead atoms. The summed E-state index contributed by atoms with van der Waals surface area (Å²) in [5, 5.41) is 7.98. The van der Waals surface area contributed by atoms with Crippen LogP contribution in [-0.2, 0) is 0 Å². The number of methoxy groups -OCH3 is 1. The number of hydrogen-bond donors (Lipinski definition) is 0. The first-order valence-electron chi connectivity index (χ1n) is 3.78. The van der Waals surface area contributed by atoms with Crippen molar-refractivity contribution in [1.82, 2.24) is 14.6 Å². The molecule has 13 heavy (non-hydrogen) atoms. The van der Waals surface area contributed by atoms with Crippen molar-refractivity contribution in [1.29, 1.82) is 0 Å². The molecule has 5 heteroatoms. The zero-order chi connectivity index (χ0) is 9.42. The van der Waals surface area contributed by atoms with Gasteiger partial charge in [-0.2, -0.15) is 0 Å². The van der Waals surface area contributed by atoms with E-state index in [2.05, 4.69) is 26.1 Å². The molecule has 0 aromatic carbocycles. The Labute approximate surface area is 83.7 Å². The van der Waals surface area contributed by atoms with Crippen molar-refractivity contribution >= 4 is 21.6 Å². The Bertz CT molecular complexity index is 452. The normalized spacial score (nSPS) is 10.7. The lowest BCUT2D eigenvalue weighted by Crippen LogP contribution is -1.95. The summed E-state index contributed by atoms with van der Waals surface area (Å²) in [5.41, 5.74) is 0.775. The Balaban J connectivity index is 2.88. The molecule has 2 aromatic rings. The summed E-state index contributed by atoms with van der Waals surface area (Å²) < 4.78 is 7.95. The molecule has 0 amide bonds. The Morgan fingerprint density at radius 1 is 1.38 bits per heavy atom. The van der Waals surface area contributed by atoms with Crippen molar-refractivity contribution in [2.24, 2.45) is 0 Å². The highest BCUT2D eigenvalue weighted by Crippen LogP contribution is 2.22. The molecule has 2 rings (SSSR count). The van der Waals surface area contributed by atoms with Crippen molar-refractivity contribution in [3.05, 3.63) is 22.4 Å². The zero-order valence-electron chi connectivity index (χ0n) is 7.28. The fraction of sp³-hybridized carbons (Fsp3) is 0.250.